The molecule has 3 unspecified atom stereocenters. The van der Waals surface area contributed by atoms with Crippen LogP contribution < -0.4 is 10.6 Å². The van der Waals surface area contributed by atoms with Crippen molar-refractivity contribution >= 4 is 11.6 Å². The van der Waals surface area contributed by atoms with Crippen molar-refractivity contribution in [3.63, 3.8) is 0 Å². The maximum Gasteiger partial charge on any atom is 0.229 e. The smallest absolute Gasteiger partial charge is 0.229 e. The predicted octanol–water partition coefficient (Wildman–Crippen LogP) is 2.21. The van der Waals surface area contributed by atoms with Gasteiger partial charge in [-0.3, -0.25) is 4.79 Å². The maximum absolute atomic E-state index is 13.0. The van der Waals surface area contributed by atoms with Gasteiger partial charge in [0.05, 0.1) is 5.92 Å². The van der Waals surface area contributed by atoms with Crippen molar-refractivity contribution < 1.29 is 9.18 Å². The van der Waals surface area contributed by atoms with Crippen LogP contribution in [0.4, 0.5) is 10.1 Å². The highest BCUT2D eigenvalue weighted by molar-refractivity contribution is 5.94. The number of anilines is 1. The lowest BCUT2D eigenvalue weighted by Crippen LogP contribution is -2.33. The molecular formula is C14H17FN2O. The highest BCUT2D eigenvalue weighted by Crippen LogP contribution is 2.34. The number of carbonyl (C=O) groups excluding carboxylic acids is 1. The first-order valence-electron chi connectivity index (χ1n) is 6.46. The van der Waals surface area contributed by atoms with Gasteiger partial charge in [-0.2, -0.15) is 0 Å². The number of rotatable bonds is 2. The Morgan fingerprint density at radius 3 is 2.89 bits per heavy atom. The van der Waals surface area contributed by atoms with E-state index in [2.05, 4.69) is 10.6 Å². The zero-order chi connectivity index (χ0) is 12.7. The third-order valence-corrected chi connectivity index (χ3v) is 4.08. The lowest BCUT2D eigenvalue weighted by molar-refractivity contribution is -0.120. The lowest BCUT2D eigenvalue weighted by Gasteiger charge is -2.20. The summed E-state index contributed by atoms with van der Waals surface area (Å²) in [6.45, 7) is 1.80. The fraction of sp³-hybridized carbons (Fsp3) is 0.500. The van der Waals surface area contributed by atoms with Gasteiger partial charge >= 0.3 is 0 Å². The molecule has 0 spiro atoms. The SMILES string of the molecule is Cc1cc(F)ccc1NC(=O)C1CC2CCC1N2. The Labute approximate surface area is 106 Å². The van der Waals surface area contributed by atoms with Crippen molar-refractivity contribution in [3.05, 3.63) is 29.6 Å². The normalized spacial score (nSPS) is 29.6. The fourth-order valence-corrected chi connectivity index (χ4v) is 3.11. The highest BCUT2D eigenvalue weighted by Gasteiger charge is 2.42. The maximum atomic E-state index is 13.0. The van der Waals surface area contributed by atoms with E-state index in [1.165, 1.54) is 18.6 Å². The van der Waals surface area contributed by atoms with Crippen LogP contribution in [0.3, 0.4) is 0 Å². The number of hydrogen-bond donors (Lipinski definition) is 2. The minimum absolute atomic E-state index is 0.0596. The van der Waals surface area contributed by atoms with Gasteiger partial charge in [0.2, 0.25) is 5.91 Å². The molecule has 2 saturated heterocycles. The van der Waals surface area contributed by atoms with E-state index in [9.17, 15) is 9.18 Å². The van der Waals surface area contributed by atoms with Gasteiger partial charge in [0.25, 0.3) is 0 Å². The van der Waals surface area contributed by atoms with Crippen LogP contribution in [0, 0.1) is 18.7 Å². The first kappa shape index (κ1) is 11.7. The summed E-state index contributed by atoms with van der Waals surface area (Å²) in [5.41, 5.74) is 1.48. The first-order valence-corrected chi connectivity index (χ1v) is 6.46. The monoisotopic (exact) mass is 248 g/mol. The van der Waals surface area contributed by atoms with Crippen LogP contribution in [-0.4, -0.2) is 18.0 Å². The van der Waals surface area contributed by atoms with Crippen molar-refractivity contribution in [2.75, 3.05) is 5.32 Å². The molecule has 0 aliphatic carbocycles. The molecule has 0 radical (unpaired) electrons. The summed E-state index contributed by atoms with van der Waals surface area (Å²) in [4.78, 5) is 12.2. The van der Waals surface area contributed by atoms with Crippen LogP contribution in [0.15, 0.2) is 18.2 Å². The van der Waals surface area contributed by atoms with E-state index >= 15 is 0 Å². The second-order valence-electron chi connectivity index (χ2n) is 5.34. The Balaban J connectivity index is 1.71. The molecular weight excluding hydrogens is 231 g/mol. The minimum atomic E-state index is -0.271. The van der Waals surface area contributed by atoms with Gasteiger partial charge in [0.1, 0.15) is 5.82 Å². The van der Waals surface area contributed by atoms with E-state index in [0.717, 1.165) is 18.4 Å². The molecule has 3 nitrogen and oxygen atoms in total. The van der Waals surface area contributed by atoms with Crippen molar-refractivity contribution in [2.45, 2.75) is 38.3 Å². The topological polar surface area (TPSA) is 41.1 Å². The number of benzene rings is 1. The highest BCUT2D eigenvalue weighted by atomic mass is 19.1. The molecule has 1 aromatic carbocycles. The summed E-state index contributed by atoms with van der Waals surface area (Å²) in [5, 5.41) is 6.37. The van der Waals surface area contributed by atoms with E-state index in [1.807, 2.05) is 0 Å². The number of hydrogen-bond acceptors (Lipinski definition) is 2. The lowest BCUT2D eigenvalue weighted by atomic mass is 9.88. The molecule has 2 fully saturated rings. The molecule has 96 valence electrons. The van der Waals surface area contributed by atoms with E-state index in [-0.39, 0.29) is 17.6 Å². The second-order valence-corrected chi connectivity index (χ2v) is 5.34. The summed E-state index contributed by atoms with van der Waals surface area (Å²) < 4.78 is 13.0. The molecule has 1 amide bonds. The van der Waals surface area contributed by atoms with Crippen LogP contribution in [-0.2, 0) is 4.79 Å². The zero-order valence-electron chi connectivity index (χ0n) is 10.4. The summed E-state index contributed by atoms with van der Waals surface area (Å²) in [5.74, 6) is -0.148. The van der Waals surface area contributed by atoms with Crippen molar-refractivity contribution in [3.8, 4) is 0 Å². The van der Waals surface area contributed by atoms with Gasteiger partial charge in [-0.1, -0.05) is 0 Å². The fourth-order valence-electron chi connectivity index (χ4n) is 3.11. The van der Waals surface area contributed by atoms with Crippen LogP contribution in [0.2, 0.25) is 0 Å². The Morgan fingerprint density at radius 2 is 2.28 bits per heavy atom. The van der Waals surface area contributed by atoms with Crippen molar-refractivity contribution in [1.82, 2.24) is 5.32 Å². The molecule has 18 heavy (non-hydrogen) atoms. The predicted molar refractivity (Wildman–Crippen MR) is 67.8 cm³/mol. The van der Waals surface area contributed by atoms with Gasteiger partial charge in [-0.25, -0.2) is 4.39 Å². The van der Waals surface area contributed by atoms with Crippen LogP contribution in [0.1, 0.15) is 24.8 Å². The molecule has 2 bridgehead atoms. The summed E-state index contributed by atoms with van der Waals surface area (Å²) >= 11 is 0. The van der Waals surface area contributed by atoms with Crippen molar-refractivity contribution in [2.24, 2.45) is 5.92 Å². The quantitative estimate of drug-likeness (QED) is 0.842. The Hall–Kier alpha value is -1.42. The number of amides is 1. The van der Waals surface area contributed by atoms with Gasteiger partial charge < -0.3 is 10.6 Å². The first-order chi connectivity index (χ1) is 8.63. The zero-order valence-corrected chi connectivity index (χ0v) is 10.4. The average Bonchev–Trinajstić information content (AvgIpc) is 2.94. The van der Waals surface area contributed by atoms with E-state index in [0.29, 0.717) is 17.8 Å². The Bertz CT molecular complexity index is 489. The molecule has 3 rings (SSSR count). The Kier molecular flexibility index (Phi) is 2.82. The Morgan fingerprint density at radius 1 is 1.44 bits per heavy atom. The number of halogens is 1. The van der Waals surface area contributed by atoms with E-state index in [4.69, 9.17) is 0 Å². The number of nitrogens with one attached hydrogen (secondary N) is 2. The number of carbonyl (C=O) groups is 1. The van der Waals surface area contributed by atoms with Crippen LogP contribution in [0.25, 0.3) is 0 Å². The third kappa shape index (κ3) is 2.01. The van der Waals surface area contributed by atoms with Crippen LogP contribution >= 0.6 is 0 Å². The van der Waals surface area contributed by atoms with E-state index in [1.54, 1.807) is 13.0 Å². The van der Waals surface area contributed by atoms with E-state index < -0.39 is 0 Å². The summed E-state index contributed by atoms with van der Waals surface area (Å²) in [6, 6.07) is 5.29. The molecule has 0 aromatic heterocycles. The molecule has 2 N–H and O–H groups in total. The standard InChI is InChI=1S/C14H17FN2O/c1-8-6-9(15)2-4-12(8)17-14(18)11-7-10-3-5-13(11)16-10/h2,4,6,10-11,13,16H,3,5,7H2,1H3,(H,17,18). The average molecular weight is 248 g/mol. The summed E-state index contributed by atoms with van der Waals surface area (Å²) in [6.07, 6.45) is 3.20. The summed E-state index contributed by atoms with van der Waals surface area (Å²) in [7, 11) is 0. The van der Waals surface area contributed by atoms with Crippen molar-refractivity contribution in [1.29, 1.82) is 0 Å². The van der Waals surface area contributed by atoms with Gasteiger partial charge in [-0.05, 0) is 49.9 Å². The number of aryl methyl sites for hydroxylation is 1. The largest absolute Gasteiger partial charge is 0.326 e. The molecule has 4 heteroatoms. The molecule has 3 atom stereocenters. The van der Waals surface area contributed by atoms with Gasteiger partial charge in [0, 0.05) is 17.8 Å². The molecule has 1 aromatic rings. The van der Waals surface area contributed by atoms with Crippen LogP contribution in [0.5, 0.6) is 0 Å². The van der Waals surface area contributed by atoms with Gasteiger partial charge in [0.15, 0.2) is 0 Å². The number of fused-ring (bicyclic) bond motifs is 2. The molecule has 2 aliphatic heterocycles. The minimum Gasteiger partial charge on any atom is -0.326 e. The third-order valence-electron chi connectivity index (χ3n) is 4.08. The second kappa shape index (κ2) is 4.35. The van der Waals surface area contributed by atoms with Gasteiger partial charge in [-0.15, -0.1) is 0 Å². The molecule has 0 saturated carbocycles. The molecule has 2 aliphatic rings. The molecule has 2 heterocycles.